The molecule has 0 amide bonds. The van der Waals surface area contributed by atoms with Gasteiger partial charge in [0.25, 0.3) is 0 Å². The minimum atomic E-state index is 0.444. The van der Waals surface area contributed by atoms with Crippen molar-refractivity contribution in [2.75, 3.05) is 6.61 Å². The van der Waals surface area contributed by atoms with Crippen molar-refractivity contribution in [3.63, 3.8) is 0 Å². The average Bonchev–Trinajstić information content (AvgIpc) is 2.80. The molecule has 17 heavy (non-hydrogen) atoms. The summed E-state index contributed by atoms with van der Waals surface area (Å²) >= 11 is 0. The third-order valence-electron chi connectivity index (χ3n) is 3.48. The van der Waals surface area contributed by atoms with Crippen molar-refractivity contribution >= 4 is 5.90 Å². The Morgan fingerprint density at radius 3 is 2.24 bits per heavy atom. The highest BCUT2D eigenvalue weighted by atomic mass is 16.5. The first-order valence-electron chi connectivity index (χ1n) is 7.56. The molecule has 0 bridgehead atoms. The molecule has 100 valence electrons. The molecule has 1 unspecified atom stereocenters. The van der Waals surface area contributed by atoms with E-state index in [4.69, 9.17) is 4.74 Å². The Morgan fingerprint density at radius 2 is 1.65 bits per heavy atom. The highest BCUT2D eigenvalue weighted by molar-refractivity contribution is 5.77. The van der Waals surface area contributed by atoms with E-state index in [0.717, 1.165) is 25.3 Å². The first kappa shape index (κ1) is 14.5. The number of ether oxygens (including phenoxy) is 1. The van der Waals surface area contributed by atoms with Crippen molar-refractivity contribution in [3.8, 4) is 0 Å². The minimum absolute atomic E-state index is 0.444. The highest BCUT2D eigenvalue weighted by Gasteiger charge is 2.15. The van der Waals surface area contributed by atoms with Gasteiger partial charge >= 0.3 is 0 Å². The zero-order valence-corrected chi connectivity index (χ0v) is 11.7. The fourth-order valence-corrected chi connectivity index (χ4v) is 2.23. The molecule has 2 heteroatoms. The fourth-order valence-electron chi connectivity index (χ4n) is 2.23. The summed E-state index contributed by atoms with van der Waals surface area (Å²) in [5.41, 5.74) is 0. The molecule has 1 rings (SSSR count). The maximum absolute atomic E-state index is 5.57. The summed E-state index contributed by atoms with van der Waals surface area (Å²) in [7, 11) is 0. The maximum Gasteiger partial charge on any atom is 0.183 e. The van der Waals surface area contributed by atoms with Crippen LogP contribution in [0.4, 0.5) is 0 Å². The van der Waals surface area contributed by atoms with Crippen LogP contribution in [0.2, 0.25) is 0 Å². The predicted octanol–water partition coefficient (Wildman–Crippen LogP) is 4.72. The van der Waals surface area contributed by atoms with Gasteiger partial charge in [-0.15, -0.1) is 0 Å². The van der Waals surface area contributed by atoms with Gasteiger partial charge in [-0.25, -0.2) is 4.99 Å². The van der Waals surface area contributed by atoms with Gasteiger partial charge in [0, 0.05) is 6.42 Å². The van der Waals surface area contributed by atoms with Crippen molar-refractivity contribution < 1.29 is 4.74 Å². The van der Waals surface area contributed by atoms with Crippen LogP contribution in [-0.4, -0.2) is 18.5 Å². The zero-order valence-electron chi connectivity index (χ0n) is 11.7. The molecule has 0 spiro atoms. The standard InChI is InChI=1S/C15H29NO/c1-3-5-6-7-8-9-10-11-12-15-16-14(4-2)13-17-15/h14H,3-13H2,1-2H3. The van der Waals surface area contributed by atoms with Crippen LogP contribution in [0.25, 0.3) is 0 Å². The second-order valence-corrected chi connectivity index (χ2v) is 5.12. The van der Waals surface area contributed by atoms with Crippen LogP contribution < -0.4 is 0 Å². The third kappa shape index (κ3) is 6.70. The van der Waals surface area contributed by atoms with Gasteiger partial charge < -0.3 is 4.74 Å². The van der Waals surface area contributed by atoms with Crippen molar-refractivity contribution in [2.45, 2.75) is 84.1 Å². The van der Waals surface area contributed by atoms with Crippen LogP contribution >= 0.6 is 0 Å². The van der Waals surface area contributed by atoms with Crippen molar-refractivity contribution in [1.82, 2.24) is 0 Å². The Bertz CT molecular complexity index is 213. The van der Waals surface area contributed by atoms with Crippen LogP contribution in [0, 0.1) is 0 Å². The van der Waals surface area contributed by atoms with Gasteiger partial charge in [-0.1, -0.05) is 58.8 Å². The van der Waals surface area contributed by atoms with E-state index in [-0.39, 0.29) is 0 Å². The summed E-state index contributed by atoms with van der Waals surface area (Å²) in [5, 5.41) is 0. The van der Waals surface area contributed by atoms with Gasteiger partial charge in [-0.2, -0.15) is 0 Å². The average molecular weight is 239 g/mol. The first-order chi connectivity index (χ1) is 8.36. The van der Waals surface area contributed by atoms with Crippen molar-refractivity contribution in [3.05, 3.63) is 0 Å². The van der Waals surface area contributed by atoms with E-state index in [9.17, 15) is 0 Å². The molecule has 2 nitrogen and oxygen atoms in total. The Balaban J connectivity index is 1.88. The molecular weight excluding hydrogens is 210 g/mol. The van der Waals surface area contributed by atoms with Crippen LogP contribution in [-0.2, 0) is 4.74 Å². The Labute approximate surface area is 107 Å². The molecule has 0 radical (unpaired) electrons. The van der Waals surface area contributed by atoms with Gasteiger partial charge in [0.2, 0.25) is 0 Å². The lowest BCUT2D eigenvalue weighted by Crippen LogP contribution is -2.03. The molecule has 0 saturated heterocycles. The molecule has 1 aliphatic heterocycles. The number of rotatable bonds is 10. The van der Waals surface area contributed by atoms with Gasteiger partial charge in [-0.3, -0.25) is 0 Å². The molecule has 0 aromatic carbocycles. The quantitative estimate of drug-likeness (QED) is 0.505. The Morgan fingerprint density at radius 1 is 1.00 bits per heavy atom. The number of hydrogen-bond acceptors (Lipinski definition) is 2. The zero-order chi connectivity index (χ0) is 12.3. The fraction of sp³-hybridized carbons (Fsp3) is 0.933. The first-order valence-corrected chi connectivity index (χ1v) is 7.56. The van der Waals surface area contributed by atoms with Gasteiger partial charge in [-0.05, 0) is 12.8 Å². The topological polar surface area (TPSA) is 21.6 Å². The smallest absolute Gasteiger partial charge is 0.183 e. The monoisotopic (exact) mass is 239 g/mol. The molecule has 0 saturated carbocycles. The molecule has 0 aromatic rings. The van der Waals surface area contributed by atoms with Crippen molar-refractivity contribution in [1.29, 1.82) is 0 Å². The summed E-state index contributed by atoms with van der Waals surface area (Å²) < 4.78 is 5.57. The lowest BCUT2D eigenvalue weighted by atomic mass is 10.1. The largest absolute Gasteiger partial charge is 0.479 e. The molecule has 1 heterocycles. The molecule has 1 aliphatic rings. The molecule has 0 fully saturated rings. The summed E-state index contributed by atoms with van der Waals surface area (Å²) in [6, 6.07) is 0.444. The number of unbranched alkanes of at least 4 members (excludes halogenated alkanes) is 7. The van der Waals surface area contributed by atoms with Gasteiger partial charge in [0.15, 0.2) is 5.90 Å². The molecule has 0 aromatic heterocycles. The normalized spacial score (nSPS) is 19.2. The van der Waals surface area contributed by atoms with E-state index < -0.39 is 0 Å². The predicted molar refractivity (Wildman–Crippen MR) is 74.7 cm³/mol. The summed E-state index contributed by atoms with van der Waals surface area (Å²) in [6.07, 6.45) is 13.1. The van der Waals surface area contributed by atoms with E-state index in [1.54, 1.807) is 0 Å². The lowest BCUT2D eigenvalue weighted by molar-refractivity contribution is 0.306. The molecule has 0 aliphatic carbocycles. The second kappa shape index (κ2) is 9.49. The summed E-state index contributed by atoms with van der Waals surface area (Å²) in [6.45, 7) is 5.27. The Kier molecular flexibility index (Phi) is 8.12. The van der Waals surface area contributed by atoms with E-state index in [1.807, 2.05) is 0 Å². The lowest BCUT2D eigenvalue weighted by Gasteiger charge is -2.02. The number of aliphatic imine (C=N–C) groups is 1. The van der Waals surface area contributed by atoms with E-state index in [2.05, 4.69) is 18.8 Å². The van der Waals surface area contributed by atoms with E-state index >= 15 is 0 Å². The third-order valence-corrected chi connectivity index (χ3v) is 3.48. The maximum atomic E-state index is 5.57. The summed E-state index contributed by atoms with van der Waals surface area (Å²) in [4.78, 5) is 4.56. The second-order valence-electron chi connectivity index (χ2n) is 5.12. The minimum Gasteiger partial charge on any atom is -0.479 e. The number of hydrogen-bond donors (Lipinski definition) is 0. The van der Waals surface area contributed by atoms with Crippen LogP contribution in [0.15, 0.2) is 4.99 Å². The van der Waals surface area contributed by atoms with E-state index in [1.165, 1.54) is 51.4 Å². The molecule has 0 N–H and O–H groups in total. The van der Waals surface area contributed by atoms with Gasteiger partial charge in [0.05, 0.1) is 6.04 Å². The van der Waals surface area contributed by atoms with Gasteiger partial charge in [0.1, 0.15) is 6.61 Å². The molecule has 1 atom stereocenters. The molecular formula is C15H29NO. The van der Waals surface area contributed by atoms with Crippen molar-refractivity contribution in [2.24, 2.45) is 4.99 Å². The van der Waals surface area contributed by atoms with E-state index in [0.29, 0.717) is 6.04 Å². The Hall–Kier alpha value is -0.530. The van der Waals surface area contributed by atoms with Crippen LogP contribution in [0.5, 0.6) is 0 Å². The summed E-state index contributed by atoms with van der Waals surface area (Å²) in [5.74, 6) is 1.02. The number of nitrogens with zero attached hydrogens (tertiary/aromatic N) is 1. The highest BCUT2D eigenvalue weighted by Crippen LogP contribution is 2.14. The SMILES string of the molecule is CCCCCCCCCCC1=NC(CC)CO1. The van der Waals surface area contributed by atoms with Crippen LogP contribution in [0.1, 0.15) is 78.1 Å². The van der Waals surface area contributed by atoms with Crippen LogP contribution in [0.3, 0.4) is 0 Å².